The number of thioether (sulfide) groups is 1. The monoisotopic (exact) mass is 226 g/mol. The number of aliphatic hydroxyl groups is 1. The van der Waals surface area contributed by atoms with Gasteiger partial charge in [0, 0.05) is 29.5 Å². The second-order valence-electron chi connectivity index (χ2n) is 3.36. The van der Waals surface area contributed by atoms with Crippen LogP contribution in [-0.4, -0.2) is 22.5 Å². The van der Waals surface area contributed by atoms with Crippen LogP contribution in [0, 0.1) is 0 Å². The molecule has 1 atom stereocenters. The van der Waals surface area contributed by atoms with Gasteiger partial charge in [0.2, 0.25) is 0 Å². The molecule has 0 aromatic carbocycles. The van der Waals surface area contributed by atoms with Crippen LogP contribution >= 0.6 is 11.8 Å². The van der Waals surface area contributed by atoms with Gasteiger partial charge in [0.15, 0.2) is 0 Å². The molecule has 0 saturated carbocycles. The second kappa shape index (κ2) is 6.82. The van der Waals surface area contributed by atoms with E-state index in [2.05, 4.69) is 11.9 Å². The molecular formula is C11H18N2OS. The average Bonchev–Trinajstić information content (AvgIpc) is 2.29. The van der Waals surface area contributed by atoms with Crippen molar-refractivity contribution in [3.8, 4) is 0 Å². The van der Waals surface area contributed by atoms with Crippen molar-refractivity contribution in [2.24, 2.45) is 5.73 Å². The van der Waals surface area contributed by atoms with E-state index in [1.165, 1.54) is 0 Å². The van der Waals surface area contributed by atoms with Gasteiger partial charge in [0.1, 0.15) is 0 Å². The lowest BCUT2D eigenvalue weighted by molar-refractivity contribution is 0.296. The first kappa shape index (κ1) is 12.5. The van der Waals surface area contributed by atoms with E-state index in [1.54, 1.807) is 11.8 Å². The summed E-state index contributed by atoms with van der Waals surface area (Å²) in [7, 11) is 0. The first-order valence-electron chi connectivity index (χ1n) is 5.23. The van der Waals surface area contributed by atoms with Crippen molar-refractivity contribution in [1.29, 1.82) is 0 Å². The van der Waals surface area contributed by atoms with Gasteiger partial charge < -0.3 is 10.8 Å². The van der Waals surface area contributed by atoms with Crippen LogP contribution in [0.1, 0.15) is 31.5 Å². The number of nitrogens with two attached hydrogens (primary N) is 1. The molecule has 1 heterocycles. The van der Waals surface area contributed by atoms with Crippen LogP contribution in [0.2, 0.25) is 0 Å². The number of nitrogens with zero attached hydrogens (tertiary/aromatic N) is 1. The number of hydrogen-bond acceptors (Lipinski definition) is 4. The molecule has 0 aliphatic heterocycles. The third-order valence-corrected chi connectivity index (χ3v) is 3.22. The third kappa shape index (κ3) is 4.20. The van der Waals surface area contributed by atoms with Gasteiger partial charge in [-0.2, -0.15) is 0 Å². The SMILES string of the molecule is CC[C@@H](N)c1ccc(SCCCO)cn1. The minimum Gasteiger partial charge on any atom is -0.396 e. The van der Waals surface area contributed by atoms with Gasteiger partial charge in [-0.3, -0.25) is 4.98 Å². The highest BCUT2D eigenvalue weighted by Crippen LogP contribution is 2.19. The van der Waals surface area contributed by atoms with Crippen molar-refractivity contribution in [2.75, 3.05) is 12.4 Å². The number of aliphatic hydroxyl groups excluding tert-OH is 1. The fraction of sp³-hybridized carbons (Fsp3) is 0.545. The van der Waals surface area contributed by atoms with Gasteiger partial charge in [0.05, 0.1) is 5.69 Å². The van der Waals surface area contributed by atoms with Crippen molar-refractivity contribution in [3.05, 3.63) is 24.0 Å². The van der Waals surface area contributed by atoms with Gasteiger partial charge >= 0.3 is 0 Å². The zero-order valence-electron chi connectivity index (χ0n) is 9.02. The standard InChI is InChI=1S/C11H18N2OS/c1-2-10(12)11-5-4-9(8-13-11)15-7-3-6-14/h4-5,8,10,14H,2-3,6-7,12H2,1H3/t10-/m1/s1. The molecule has 3 N–H and O–H groups in total. The highest BCUT2D eigenvalue weighted by molar-refractivity contribution is 7.99. The molecule has 0 amide bonds. The van der Waals surface area contributed by atoms with Crippen molar-refractivity contribution >= 4 is 11.8 Å². The van der Waals surface area contributed by atoms with Crippen LogP contribution in [0.5, 0.6) is 0 Å². The molecule has 15 heavy (non-hydrogen) atoms. The molecule has 0 fully saturated rings. The Morgan fingerprint density at radius 2 is 2.33 bits per heavy atom. The summed E-state index contributed by atoms with van der Waals surface area (Å²) in [4.78, 5) is 5.45. The summed E-state index contributed by atoms with van der Waals surface area (Å²) in [6, 6.07) is 4.07. The number of aromatic nitrogens is 1. The summed E-state index contributed by atoms with van der Waals surface area (Å²) in [5.41, 5.74) is 6.81. The average molecular weight is 226 g/mol. The normalized spacial score (nSPS) is 12.7. The number of hydrogen-bond donors (Lipinski definition) is 2. The molecule has 0 spiro atoms. The predicted molar refractivity (Wildman–Crippen MR) is 63.9 cm³/mol. The Hall–Kier alpha value is -0.580. The summed E-state index contributed by atoms with van der Waals surface area (Å²) in [6.07, 6.45) is 3.58. The lowest BCUT2D eigenvalue weighted by atomic mass is 10.1. The summed E-state index contributed by atoms with van der Waals surface area (Å²) >= 11 is 1.71. The molecule has 0 aliphatic carbocycles. The van der Waals surface area contributed by atoms with Gasteiger partial charge in [-0.15, -0.1) is 11.8 Å². The molecule has 84 valence electrons. The molecule has 1 aromatic rings. The van der Waals surface area contributed by atoms with E-state index >= 15 is 0 Å². The summed E-state index contributed by atoms with van der Waals surface area (Å²) in [6.45, 7) is 2.30. The van der Waals surface area contributed by atoms with E-state index in [0.29, 0.717) is 0 Å². The minimum absolute atomic E-state index is 0.0430. The molecule has 0 saturated heterocycles. The topological polar surface area (TPSA) is 59.1 Å². The van der Waals surface area contributed by atoms with Crippen molar-refractivity contribution in [1.82, 2.24) is 4.98 Å². The van der Waals surface area contributed by atoms with E-state index in [9.17, 15) is 0 Å². The maximum Gasteiger partial charge on any atom is 0.0571 e. The van der Waals surface area contributed by atoms with Gasteiger partial charge in [-0.1, -0.05) is 6.92 Å². The predicted octanol–water partition coefficient (Wildman–Crippen LogP) is 1.97. The largest absolute Gasteiger partial charge is 0.396 e. The fourth-order valence-electron chi connectivity index (χ4n) is 1.16. The van der Waals surface area contributed by atoms with E-state index in [1.807, 2.05) is 18.3 Å². The Balaban J connectivity index is 2.49. The zero-order valence-corrected chi connectivity index (χ0v) is 9.83. The molecule has 0 bridgehead atoms. The van der Waals surface area contributed by atoms with Crippen molar-refractivity contribution < 1.29 is 5.11 Å². The lowest BCUT2D eigenvalue weighted by Crippen LogP contribution is -2.10. The summed E-state index contributed by atoms with van der Waals surface area (Å²) in [5.74, 6) is 0.928. The Bertz CT molecular complexity index is 276. The van der Waals surface area contributed by atoms with Crippen LogP contribution in [-0.2, 0) is 0 Å². The zero-order chi connectivity index (χ0) is 11.1. The van der Waals surface area contributed by atoms with Crippen molar-refractivity contribution in [3.63, 3.8) is 0 Å². The fourth-order valence-corrected chi connectivity index (χ4v) is 1.96. The first-order chi connectivity index (χ1) is 7.27. The quantitative estimate of drug-likeness (QED) is 0.575. The van der Waals surface area contributed by atoms with Crippen LogP contribution in [0.4, 0.5) is 0 Å². The molecule has 0 radical (unpaired) electrons. The van der Waals surface area contributed by atoms with Crippen molar-refractivity contribution in [2.45, 2.75) is 30.7 Å². The Labute approximate surface area is 95.1 Å². The molecule has 3 nitrogen and oxygen atoms in total. The van der Waals surface area contributed by atoms with Gasteiger partial charge in [-0.05, 0) is 25.0 Å². The maximum absolute atomic E-state index is 8.65. The molecular weight excluding hydrogens is 208 g/mol. The van der Waals surface area contributed by atoms with E-state index < -0.39 is 0 Å². The van der Waals surface area contributed by atoms with Gasteiger partial charge in [0.25, 0.3) is 0 Å². The highest BCUT2D eigenvalue weighted by Gasteiger charge is 2.04. The molecule has 1 aromatic heterocycles. The first-order valence-corrected chi connectivity index (χ1v) is 6.21. The van der Waals surface area contributed by atoms with Gasteiger partial charge in [-0.25, -0.2) is 0 Å². The molecule has 0 aliphatic rings. The lowest BCUT2D eigenvalue weighted by Gasteiger charge is -2.08. The Morgan fingerprint density at radius 1 is 1.53 bits per heavy atom. The molecule has 1 rings (SSSR count). The smallest absolute Gasteiger partial charge is 0.0571 e. The summed E-state index contributed by atoms with van der Waals surface area (Å²) in [5, 5.41) is 8.65. The minimum atomic E-state index is 0.0430. The third-order valence-electron chi connectivity index (χ3n) is 2.15. The van der Waals surface area contributed by atoms with E-state index in [0.717, 1.165) is 29.2 Å². The van der Waals surface area contributed by atoms with Crippen LogP contribution in [0.3, 0.4) is 0 Å². The van der Waals surface area contributed by atoms with E-state index in [-0.39, 0.29) is 12.6 Å². The maximum atomic E-state index is 8.65. The van der Waals surface area contributed by atoms with Crippen LogP contribution < -0.4 is 5.73 Å². The van der Waals surface area contributed by atoms with Crippen LogP contribution in [0.15, 0.2) is 23.2 Å². The molecule has 0 unspecified atom stereocenters. The Morgan fingerprint density at radius 3 is 2.87 bits per heavy atom. The molecule has 4 heteroatoms. The van der Waals surface area contributed by atoms with Crippen LogP contribution in [0.25, 0.3) is 0 Å². The van der Waals surface area contributed by atoms with E-state index in [4.69, 9.17) is 10.8 Å². The summed E-state index contributed by atoms with van der Waals surface area (Å²) < 4.78 is 0. The number of pyridine rings is 1. The second-order valence-corrected chi connectivity index (χ2v) is 4.53. The highest BCUT2D eigenvalue weighted by atomic mass is 32.2. The Kier molecular flexibility index (Phi) is 5.68. The number of rotatable bonds is 6.